The summed E-state index contributed by atoms with van der Waals surface area (Å²) in [6.45, 7) is 4.42. The number of hydrogen-bond donors (Lipinski definition) is 0. The van der Waals surface area contributed by atoms with Gasteiger partial charge in [-0.05, 0) is 29.0 Å². The summed E-state index contributed by atoms with van der Waals surface area (Å²) in [5, 5.41) is 26.3. The first-order valence-electron chi connectivity index (χ1n) is 9.76. The SMILES string of the molecule is CC(C)c1nnc2n1N1C(=CSC1c1ccc(OCc3ccccc3)c([N+](=O)[O-])c1)S2. The van der Waals surface area contributed by atoms with Crippen LogP contribution >= 0.6 is 23.5 Å². The molecule has 158 valence electrons. The van der Waals surface area contributed by atoms with E-state index in [9.17, 15) is 10.1 Å². The zero-order chi connectivity index (χ0) is 21.5. The van der Waals surface area contributed by atoms with Crippen LogP contribution < -0.4 is 9.75 Å². The van der Waals surface area contributed by atoms with Crippen LogP contribution in [0.5, 0.6) is 5.75 Å². The van der Waals surface area contributed by atoms with Crippen LogP contribution in [-0.2, 0) is 6.61 Å². The maximum atomic E-state index is 11.8. The summed E-state index contributed by atoms with van der Waals surface area (Å²) in [6, 6.07) is 14.8. The predicted octanol–water partition coefficient (Wildman–Crippen LogP) is 5.18. The first-order valence-corrected chi connectivity index (χ1v) is 11.5. The number of nitro benzene ring substituents is 1. The fourth-order valence-corrected chi connectivity index (χ4v) is 5.75. The van der Waals surface area contributed by atoms with Crippen LogP contribution in [0.25, 0.3) is 0 Å². The van der Waals surface area contributed by atoms with Gasteiger partial charge in [-0.3, -0.25) is 15.1 Å². The van der Waals surface area contributed by atoms with Crippen molar-refractivity contribution in [1.82, 2.24) is 14.9 Å². The molecule has 8 nitrogen and oxygen atoms in total. The van der Waals surface area contributed by atoms with Crippen LogP contribution in [0.2, 0.25) is 0 Å². The van der Waals surface area contributed by atoms with Crippen molar-refractivity contribution in [2.24, 2.45) is 0 Å². The second-order valence-corrected chi connectivity index (χ2v) is 9.40. The van der Waals surface area contributed by atoms with Gasteiger partial charge in [0.1, 0.15) is 17.0 Å². The number of thioether (sulfide) groups is 2. The van der Waals surface area contributed by atoms with Crippen molar-refractivity contribution in [1.29, 1.82) is 0 Å². The monoisotopic (exact) mass is 453 g/mol. The van der Waals surface area contributed by atoms with Crippen molar-refractivity contribution in [3.05, 3.63) is 86.0 Å². The molecule has 1 aromatic heterocycles. The Labute approximate surface area is 187 Å². The molecule has 0 fully saturated rings. The van der Waals surface area contributed by atoms with E-state index < -0.39 is 0 Å². The van der Waals surface area contributed by atoms with Gasteiger partial charge in [0.2, 0.25) is 5.16 Å². The van der Waals surface area contributed by atoms with Gasteiger partial charge < -0.3 is 4.74 Å². The minimum atomic E-state index is -0.389. The first kappa shape index (κ1) is 20.0. The largest absolute Gasteiger partial charge is 0.482 e. The highest BCUT2D eigenvalue weighted by Crippen LogP contribution is 2.52. The highest BCUT2D eigenvalue weighted by atomic mass is 32.2. The lowest BCUT2D eigenvalue weighted by Crippen LogP contribution is -2.31. The molecule has 2 aliphatic rings. The summed E-state index contributed by atoms with van der Waals surface area (Å²) in [5.74, 6) is 1.34. The van der Waals surface area contributed by atoms with Gasteiger partial charge in [-0.1, -0.05) is 62.0 Å². The first-order chi connectivity index (χ1) is 15.0. The second kappa shape index (κ2) is 7.93. The Kier molecular flexibility index (Phi) is 5.11. The number of nitro groups is 1. The molecule has 3 heterocycles. The Bertz CT molecular complexity index is 1180. The number of nitrogens with zero attached hydrogens (tertiary/aromatic N) is 5. The van der Waals surface area contributed by atoms with Gasteiger partial charge in [0.05, 0.1) is 4.92 Å². The van der Waals surface area contributed by atoms with E-state index in [0.29, 0.717) is 0 Å². The molecule has 1 unspecified atom stereocenters. The molecule has 0 N–H and O–H groups in total. The van der Waals surface area contributed by atoms with Gasteiger partial charge >= 0.3 is 5.69 Å². The van der Waals surface area contributed by atoms with Crippen molar-refractivity contribution >= 4 is 29.2 Å². The molecular weight excluding hydrogens is 434 g/mol. The lowest BCUT2D eigenvalue weighted by atomic mass is 10.1. The summed E-state index contributed by atoms with van der Waals surface area (Å²) < 4.78 is 7.80. The second-order valence-electron chi connectivity index (χ2n) is 7.46. The van der Waals surface area contributed by atoms with Crippen molar-refractivity contribution < 1.29 is 9.66 Å². The molecule has 0 amide bonds. The third kappa shape index (κ3) is 3.55. The van der Waals surface area contributed by atoms with Crippen molar-refractivity contribution in [2.45, 2.75) is 36.9 Å². The molecule has 31 heavy (non-hydrogen) atoms. The Hall–Kier alpha value is -2.98. The molecule has 2 aromatic carbocycles. The standard InChI is InChI=1S/C21H19N5O3S2/c1-13(2)19-22-23-21-25(19)24-18(31-21)12-30-20(24)15-8-9-17(16(10-15)26(27)28)29-11-14-6-4-3-5-7-14/h3-10,12-13,20H,11H2,1-2H3. The van der Waals surface area contributed by atoms with Crippen molar-refractivity contribution in [3.8, 4) is 5.75 Å². The molecule has 0 radical (unpaired) electrons. The third-order valence-electron chi connectivity index (χ3n) is 5.01. The summed E-state index contributed by atoms with van der Waals surface area (Å²) in [5.41, 5.74) is 1.74. The number of hydrogen-bond acceptors (Lipinski definition) is 8. The Morgan fingerprint density at radius 1 is 1.19 bits per heavy atom. The summed E-state index contributed by atoms with van der Waals surface area (Å²) in [6.07, 6.45) is 0. The van der Waals surface area contributed by atoms with Crippen LogP contribution in [0.1, 0.15) is 42.1 Å². The van der Waals surface area contributed by atoms with E-state index >= 15 is 0 Å². The number of ether oxygens (including phenoxy) is 1. The van der Waals surface area contributed by atoms with Crippen LogP contribution in [0, 0.1) is 10.1 Å². The number of fused-ring (bicyclic) bond motifs is 3. The fourth-order valence-electron chi connectivity index (χ4n) is 3.53. The minimum Gasteiger partial charge on any atom is -0.482 e. The summed E-state index contributed by atoms with van der Waals surface area (Å²) >= 11 is 3.17. The number of benzene rings is 2. The predicted molar refractivity (Wildman–Crippen MR) is 120 cm³/mol. The molecule has 2 aliphatic heterocycles. The molecule has 0 saturated heterocycles. The highest BCUT2D eigenvalue weighted by Gasteiger charge is 2.40. The average Bonchev–Trinajstić information content (AvgIpc) is 3.44. The average molecular weight is 454 g/mol. The van der Waals surface area contributed by atoms with Crippen LogP contribution in [0.15, 0.2) is 64.1 Å². The van der Waals surface area contributed by atoms with Gasteiger partial charge in [0, 0.05) is 17.4 Å². The van der Waals surface area contributed by atoms with Crippen LogP contribution in [0.3, 0.4) is 0 Å². The highest BCUT2D eigenvalue weighted by molar-refractivity contribution is 8.07. The molecule has 0 bridgehead atoms. The summed E-state index contributed by atoms with van der Waals surface area (Å²) in [7, 11) is 0. The van der Waals surface area contributed by atoms with E-state index in [1.807, 2.05) is 41.1 Å². The molecule has 0 spiro atoms. The Morgan fingerprint density at radius 3 is 2.74 bits per heavy atom. The summed E-state index contributed by atoms with van der Waals surface area (Å²) in [4.78, 5) is 11.4. The van der Waals surface area contributed by atoms with E-state index in [-0.39, 0.29) is 34.3 Å². The van der Waals surface area contributed by atoms with E-state index in [0.717, 1.165) is 27.1 Å². The number of rotatable bonds is 6. The minimum absolute atomic E-state index is 0.0395. The topological polar surface area (TPSA) is 86.3 Å². The third-order valence-corrected chi connectivity index (χ3v) is 7.20. The normalized spacial score (nSPS) is 16.9. The maximum absolute atomic E-state index is 11.8. The van der Waals surface area contributed by atoms with E-state index in [1.165, 1.54) is 0 Å². The van der Waals surface area contributed by atoms with Gasteiger partial charge in [-0.15, -0.1) is 10.2 Å². The molecule has 3 aromatic rings. The van der Waals surface area contributed by atoms with Crippen LogP contribution in [0.4, 0.5) is 5.69 Å². The molecule has 1 atom stereocenters. The zero-order valence-corrected chi connectivity index (χ0v) is 18.5. The van der Waals surface area contributed by atoms with Crippen molar-refractivity contribution in [3.63, 3.8) is 0 Å². The lowest BCUT2D eigenvalue weighted by molar-refractivity contribution is -0.386. The fraction of sp³-hybridized carbons (Fsp3) is 0.238. The number of aromatic nitrogens is 3. The van der Waals surface area contributed by atoms with Crippen molar-refractivity contribution in [2.75, 3.05) is 5.01 Å². The molecule has 10 heteroatoms. The molecule has 0 aliphatic carbocycles. The van der Waals surface area contributed by atoms with Gasteiger partial charge in [0.15, 0.2) is 11.6 Å². The lowest BCUT2D eigenvalue weighted by Gasteiger charge is -2.26. The van der Waals surface area contributed by atoms with Crippen LogP contribution in [-0.4, -0.2) is 19.8 Å². The smallest absolute Gasteiger partial charge is 0.311 e. The molecule has 0 saturated carbocycles. The zero-order valence-electron chi connectivity index (χ0n) is 16.8. The Morgan fingerprint density at radius 2 is 2.00 bits per heavy atom. The van der Waals surface area contributed by atoms with Gasteiger partial charge in [0.25, 0.3) is 0 Å². The Balaban J connectivity index is 1.45. The van der Waals surface area contributed by atoms with E-state index in [4.69, 9.17) is 4.74 Å². The van der Waals surface area contributed by atoms with E-state index in [1.54, 1.807) is 35.7 Å². The van der Waals surface area contributed by atoms with Gasteiger partial charge in [-0.2, -0.15) is 0 Å². The molecular formula is C21H19N5O3S2. The van der Waals surface area contributed by atoms with Gasteiger partial charge in [-0.25, -0.2) is 4.68 Å². The molecule has 5 rings (SSSR count). The maximum Gasteiger partial charge on any atom is 0.311 e. The quantitative estimate of drug-likeness (QED) is 0.373. The van der Waals surface area contributed by atoms with E-state index in [2.05, 4.69) is 34.5 Å².